The molecule has 6 heteroatoms. The Hall–Kier alpha value is -1.53. The van der Waals surface area contributed by atoms with Crippen molar-refractivity contribution in [2.24, 2.45) is 0 Å². The van der Waals surface area contributed by atoms with E-state index in [-0.39, 0.29) is 12.0 Å². The topological polar surface area (TPSA) is 64.6 Å². The van der Waals surface area contributed by atoms with Crippen LogP contribution in [0.1, 0.15) is 36.2 Å². The highest BCUT2D eigenvalue weighted by Gasteiger charge is 2.21. The summed E-state index contributed by atoms with van der Waals surface area (Å²) in [5.41, 5.74) is 1.51. The molecule has 5 nitrogen and oxygen atoms in total. The average Bonchev–Trinajstić information content (AvgIpc) is 2.56. The van der Waals surface area contributed by atoms with Crippen molar-refractivity contribution in [3.8, 4) is 0 Å². The quantitative estimate of drug-likeness (QED) is 0.701. The lowest BCUT2D eigenvalue weighted by atomic mass is 10.1. The second-order valence-electron chi connectivity index (χ2n) is 5.39. The summed E-state index contributed by atoms with van der Waals surface area (Å²) in [6, 6.07) is 6.55. The molecule has 1 atom stereocenters. The SMILES string of the molecule is COC(=O)[C@@H](CCSC)NC(=O)c1ccc(COC(C)C)cc1. The number of rotatable bonds is 9. The van der Waals surface area contributed by atoms with Gasteiger partial charge in [0, 0.05) is 5.56 Å². The van der Waals surface area contributed by atoms with Gasteiger partial charge in [-0.05, 0) is 50.0 Å². The number of carbonyl (C=O) groups is 2. The molecule has 1 rings (SSSR count). The van der Waals surface area contributed by atoms with Gasteiger partial charge in [-0.3, -0.25) is 4.79 Å². The van der Waals surface area contributed by atoms with Gasteiger partial charge in [0.2, 0.25) is 0 Å². The molecule has 0 saturated carbocycles. The molecule has 23 heavy (non-hydrogen) atoms. The lowest BCUT2D eigenvalue weighted by molar-refractivity contribution is -0.142. The van der Waals surface area contributed by atoms with Gasteiger partial charge in [0.05, 0.1) is 19.8 Å². The maximum atomic E-state index is 12.3. The van der Waals surface area contributed by atoms with Crippen molar-refractivity contribution in [1.29, 1.82) is 0 Å². The molecule has 1 aromatic carbocycles. The zero-order valence-electron chi connectivity index (χ0n) is 14.1. The summed E-state index contributed by atoms with van der Waals surface area (Å²) in [5, 5.41) is 2.73. The molecule has 0 radical (unpaired) electrons. The van der Waals surface area contributed by atoms with Crippen LogP contribution in [-0.4, -0.2) is 43.1 Å². The van der Waals surface area contributed by atoms with Crippen LogP contribution in [-0.2, 0) is 20.9 Å². The van der Waals surface area contributed by atoms with Crippen LogP contribution < -0.4 is 5.32 Å². The van der Waals surface area contributed by atoms with Crippen LogP contribution in [0.5, 0.6) is 0 Å². The molecule has 0 fully saturated rings. The van der Waals surface area contributed by atoms with E-state index in [0.717, 1.165) is 11.3 Å². The van der Waals surface area contributed by atoms with Gasteiger partial charge in [-0.15, -0.1) is 0 Å². The summed E-state index contributed by atoms with van der Waals surface area (Å²) in [4.78, 5) is 24.0. The van der Waals surface area contributed by atoms with Crippen molar-refractivity contribution >= 4 is 23.6 Å². The van der Waals surface area contributed by atoms with E-state index in [1.165, 1.54) is 7.11 Å². The van der Waals surface area contributed by atoms with Gasteiger partial charge in [0.25, 0.3) is 5.91 Å². The number of thioether (sulfide) groups is 1. The van der Waals surface area contributed by atoms with E-state index in [0.29, 0.717) is 18.6 Å². The number of ether oxygens (including phenoxy) is 2. The van der Waals surface area contributed by atoms with Gasteiger partial charge >= 0.3 is 5.97 Å². The van der Waals surface area contributed by atoms with Crippen LogP contribution in [0.4, 0.5) is 0 Å². The first-order valence-corrected chi connectivity index (χ1v) is 8.95. The zero-order chi connectivity index (χ0) is 17.2. The van der Waals surface area contributed by atoms with Crippen molar-refractivity contribution in [3.63, 3.8) is 0 Å². The molecule has 0 aliphatic rings. The molecule has 0 aliphatic carbocycles. The van der Waals surface area contributed by atoms with Crippen molar-refractivity contribution in [3.05, 3.63) is 35.4 Å². The molecule has 0 aromatic heterocycles. The van der Waals surface area contributed by atoms with Crippen molar-refractivity contribution < 1.29 is 19.1 Å². The smallest absolute Gasteiger partial charge is 0.328 e. The first kappa shape index (κ1) is 19.5. The van der Waals surface area contributed by atoms with Crippen molar-refractivity contribution in [2.45, 2.75) is 39.0 Å². The van der Waals surface area contributed by atoms with Crippen LogP contribution in [0.2, 0.25) is 0 Å². The highest BCUT2D eigenvalue weighted by atomic mass is 32.2. The molecule has 0 heterocycles. The molecule has 0 spiro atoms. The first-order chi connectivity index (χ1) is 11.0. The molecule has 1 N–H and O–H groups in total. The largest absolute Gasteiger partial charge is 0.467 e. The Morgan fingerprint density at radius 3 is 2.39 bits per heavy atom. The summed E-state index contributed by atoms with van der Waals surface area (Å²) >= 11 is 1.62. The van der Waals surface area contributed by atoms with Crippen LogP contribution in [0.3, 0.4) is 0 Å². The maximum Gasteiger partial charge on any atom is 0.328 e. The monoisotopic (exact) mass is 339 g/mol. The van der Waals surface area contributed by atoms with Gasteiger partial charge in [-0.2, -0.15) is 11.8 Å². The predicted molar refractivity (Wildman–Crippen MR) is 92.6 cm³/mol. The lowest BCUT2D eigenvalue weighted by Crippen LogP contribution is -2.41. The van der Waals surface area contributed by atoms with Gasteiger partial charge in [0.1, 0.15) is 6.04 Å². The fourth-order valence-electron chi connectivity index (χ4n) is 1.88. The van der Waals surface area contributed by atoms with Gasteiger partial charge in [0.15, 0.2) is 0 Å². The van der Waals surface area contributed by atoms with E-state index in [2.05, 4.69) is 5.32 Å². The minimum atomic E-state index is -0.621. The molecule has 0 unspecified atom stereocenters. The number of esters is 1. The fourth-order valence-corrected chi connectivity index (χ4v) is 2.36. The predicted octanol–water partition coefficient (Wildman–Crippen LogP) is 2.64. The summed E-state index contributed by atoms with van der Waals surface area (Å²) in [5.74, 6) is 0.0677. The van der Waals surface area contributed by atoms with Gasteiger partial charge in [-0.25, -0.2) is 4.79 Å². The average molecular weight is 339 g/mol. The van der Waals surface area contributed by atoms with E-state index >= 15 is 0 Å². The second-order valence-corrected chi connectivity index (χ2v) is 6.37. The van der Waals surface area contributed by atoms with E-state index < -0.39 is 12.0 Å². The standard InChI is InChI=1S/C17H25NO4S/c1-12(2)22-11-13-5-7-14(8-6-13)16(19)18-15(9-10-23-4)17(20)21-3/h5-8,12,15H,9-11H2,1-4H3,(H,18,19)/t15-/m1/s1. The Labute approximate surface area is 142 Å². The first-order valence-electron chi connectivity index (χ1n) is 7.56. The normalized spacial score (nSPS) is 12.0. The summed E-state index contributed by atoms with van der Waals surface area (Å²) in [7, 11) is 1.32. The molecule has 0 saturated heterocycles. The summed E-state index contributed by atoms with van der Waals surface area (Å²) in [6.45, 7) is 4.46. The Morgan fingerprint density at radius 1 is 1.22 bits per heavy atom. The Bertz CT molecular complexity index is 502. The summed E-state index contributed by atoms with van der Waals surface area (Å²) < 4.78 is 10.3. The third kappa shape index (κ3) is 7.05. The molecular weight excluding hydrogens is 314 g/mol. The molecular formula is C17H25NO4S. The minimum absolute atomic E-state index is 0.162. The Kier molecular flexibility index (Phi) is 8.73. The maximum absolute atomic E-state index is 12.3. The highest BCUT2D eigenvalue weighted by molar-refractivity contribution is 7.98. The minimum Gasteiger partial charge on any atom is -0.467 e. The van der Waals surface area contributed by atoms with Crippen molar-refractivity contribution in [1.82, 2.24) is 5.32 Å². The van der Waals surface area contributed by atoms with E-state index in [1.54, 1.807) is 23.9 Å². The number of amides is 1. The number of benzene rings is 1. The molecule has 128 valence electrons. The van der Waals surface area contributed by atoms with Crippen molar-refractivity contribution in [2.75, 3.05) is 19.1 Å². The number of nitrogens with one attached hydrogen (secondary N) is 1. The molecule has 1 aromatic rings. The number of carbonyl (C=O) groups excluding carboxylic acids is 2. The summed E-state index contributed by atoms with van der Waals surface area (Å²) in [6.07, 6.45) is 2.66. The third-order valence-corrected chi connectivity index (χ3v) is 3.85. The van der Waals surface area contributed by atoms with Gasteiger partial charge in [-0.1, -0.05) is 12.1 Å². The molecule has 0 aliphatic heterocycles. The van der Waals surface area contributed by atoms with Crippen LogP contribution in [0.25, 0.3) is 0 Å². The lowest BCUT2D eigenvalue weighted by Gasteiger charge is -2.16. The highest BCUT2D eigenvalue weighted by Crippen LogP contribution is 2.09. The van der Waals surface area contributed by atoms with Crippen LogP contribution in [0.15, 0.2) is 24.3 Å². The molecule has 0 bridgehead atoms. The second kappa shape index (κ2) is 10.3. The molecule has 1 amide bonds. The Morgan fingerprint density at radius 2 is 1.87 bits per heavy atom. The zero-order valence-corrected chi connectivity index (χ0v) is 14.9. The van der Waals surface area contributed by atoms with Gasteiger partial charge < -0.3 is 14.8 Å². The Balaban J connectivity index is 2.66. The fraction of sp³-hybridized carbons (Fsp3) is 0.529. The number of hydrogen-bond donors (Lipinski definition) is 1. The number of hydrogen-bond acceptors (Lipinski definition) is 5. The van der Waals surface area contributed by atoms with E-state index in [1.807, 2.05) is 32.2 Å². The van der Waals surface area contributed by atoms with E-state index in [9.17, 15) is 9.59 Å². The van der Waals surface area contributed by atoms with Crippen LogP contribution >= 0.6 is 11.8 Å². The number of methoxy groups -OCH3 is 1. The van der Waals surface area contributed by atoms with Crippen LogP contribution in [0, 0.1) is 0 Å². The van der Waals surface area contributed by atoms with E-state index in [4.69, 9.17) is 9.47 Å². The third-order valence-electron chi connectivity index (χ3n) is 3.20.